The van der Waals surface area contributed by atoms with Crippen LogP contribution < -0.4 is 4.74 Å². The van der Waals surface area contributed by atoms with Crippen LogP contribution in [0.4, 0.5) is 5.13 Å². The lowest BCUT2D eigenvalue weighted by Crippen LogP contribution is -1.89. The second-order valence-electron chi connectivity index (χ2n) is 3.34. The molecule has 2 rings (SSSR count). The normalized spacial score (nSPS) is 10.6. The molecule has 18 heavy (non-hydrogen) atoms. The molecule has 0 atom stereocenters. The molecule has 1 aromatic heterocycles. The number of thioether (sulfide) groups is 2. The van der Waals surface area contributed by atoms with E-state index in [1.807, 2.05) is 37.6 Å². The first kappa shape index (κ1) is 13.7. The van der Waals surface area contributed by atoms with E-state index in [9.17, 15) is 0 Å². The summed E-state index contributed by atoms with van der Waals surface area (Å²) in [5, 5.41) is 0.803. The van der Waals surface area contributed by atoms with Gasteiger partial charge in [0.15, 0.2) is 0 Å². The summed E-state index contributed by atoms with van der Waals surface area (Å²) in [6.45, 7) is 2.66. The van der Waals surface area contributed by atoms with E-state index in [2.05, 4.69) is 9.98 Å². The molecule has 96 valence electrons. The predicted octanol–water partition coefficient (Wildman–Crippen LogP) is 4.41. The van der Waals surface area contributed by atoms with Gasteiger partial charge in [0.1, 0.15) is 10.1 Å². The zero-order valence-corrected chi connectivity index (χ0v) is 12.9. The maximum absolute atomic E-state index is 5.48. The van der Waals surface area contributed by atoms with Crippen molar-refractivity contribution in [2.75, 3.05) is 19.1 Å². The van der Waals surface area contributed by atoms with Crippen molar-refractivity contribution in [1.29, 1.82) is 0 Å². The third kappa shape index (κ3) is 3.18. The molecule has 0 fully saturated rings. The first-order chi connectivity index (χ1) is 8.76. The third-order valence-electron chi connectivity index (χ3n) is 2.20. The van der Waals surface area contributed by atoms with Gasteiger partial charge in [0.2, 0.25) is 5.13 Å². The van der Waals surface area contributed by atoms with E-state index in [0.717, 1.165) is 25.5 Å². The van der Waals surface area contributed by atoms with Gasteiger partial charge < -0.3 is 4.74 Å². The number of hydrogen-bond acceptors (Lipinski definition) is 6. The van der Waals surface area contributed by atoms with E-state index < -0.39 is 0 Å². The van der Waals surface area contributed by atoms with Crippen LogP contribution in [0.2, 0.25) is 0 Å². The SMILES string of the molecule is CCOc1ccc2nc(N=C(SC)SC)sc2c1. The fraction of sp³-hybridized carbons (Fsp3) is 0.333. The molecule has 6 heteroatoms. The molecule has 1 heterocycles. The number of aliphatic imine (C=N–C) groups is 1. The lowest BCUT2D eigenvalue weighted by atomic mass is 10.3. The van der Waals surface area contributed by atoms with Crippen LogP contribution in [-0.2, 0) is 0 Å². The van der Waals surface area contributed by atoms with Gasteiger partial charge >= 0.3 is 0 Å². The summed E-state index contributed by atoms with van der Waals surface area (Å²) in [4.78, 5) is 9.02. The van der Waals surface area contributed by atoms with Gasteiger partial charge in [0.05, 0.1) is 16.8 Å². The number of hydrogen-bond donors (Lipinski definition) is 0. The smallest absolute Gasteiger partial charge is 0.211 e. The van der Waals surface area contributed by atoms with Crippen molar-refractivity contribution in [2.45, 2.75) is 6.92 Å². The van der Waals surface area contributed by atoms with Crippen LogP contribution in [0.5, 0.6) is 5.75 Å². The lowest BCUT2D eigenvalue weighted by molar-refractivity contribution is 0.341. The van der Waals surface area contributed by atoms with E-state index in [4.69, 9.17) is 4.74 Å². The minimum absolute atomic E-state index is 0.679. The van der Waals surface area contributed by atoms with Crippen molar-refractivity contribution in [3.8, 4) is 5.75 Å². The quantitative estimate of drug-likeness (QED) is 0.621. The van der Waals surface area contributed by atoms with Gasteiger partial charge in [0.25, 0.3) is 0 Å². The molecule has 0 saturated carbocycles. The van der Waals surface area contributed by atoms with Crippen molar-refractivity contribution >= 4 is 54.6 Å². The molecular formula is C12H14N2OS3. The Balaban J connectivity index is 2.35. The Hall–Kier alpha value is -0.720. The summed E-state index contributed by atoms with van der Waals surface area (Å²) in [7, 11) is 0. The molecule has 0 radical (unpaired) electrons. The molecule has 0 spiro atoms. The molecular weight excluding hydrogens is 284 g/mol. The lowest BCUT2D eigenvalue weighted by Gasteiger charge is -2.00. The summed E-state index contributed by atoms with van der Waals surface area (Å²) in [5.41, 5.74) is 0.976. The van der Waals surface area contributed by atoms with E-state index in [1.165, 1.54) is 0 Å². The van der Waals surface area contributed by atoms with Crippen LogP contribution in [-0.4, -0.2) is 28.5 Å². The second kappa shape index (κ2) is 6.45. The predicted molar refractivity (Wildman–Crippen MR) is 84.9 cm³/mol. The van der Waals surface area contributed by atoms with Crippen LogP contribution in [0.3, 0.4) is 0 Å². The molecule has 3 nitrogen and oxygen atoms in total. The summed E-state index contributed by atoms with van der Waals surface area (Å²) in [6, 6.07) is 5.95. The number of benzene rings is 1. The maximum Gasteiger partial charge on any atom is 0.211 e. The standard InChI is InChI=1S/C12H14N2OS3/c1-4-15-8-5-6-9-10(7-8)18-11(13-9)14-12(16-2)17-3/h5-7H,4H2,1-3H3. The minimum atomic E-state index is 0.679. The van der Waals surface area contributed by atoms with Gasteiger partial charge in [-0.25, -0.2) is 9.98 Å². The van der Waals surface area contributed by atoms with Gasteiger partial charge in [-0.15, -0.1) is 23.5 Å². The number of thiazole rings is 1. The molecule has 0 N–H and O–H groups in total. The van der Waals surface area contributed by atoms with Gasteiger partial charge in [-0.2, -0.15) is 0 Å². The van der Waals surface area contributed by atoms with Gasteiger partial charge in [-0.3, -0.25) is 0 Å². The van der Waals surface area contributed by atoms with E-state index >= 15 is 0 Å². The summed E-state index contributed by atoms with van der Waals surface area (Å²) in [5.74, 6) is 0.888. The zero-order chi connectivity index (χ0) is 13.0. The molecule has 0 aliphatic heterocycles. The second-order valence-corrected chi connectivity index (χ2v) is 6.20. The fourth-order valence-electron chi connectivity index (χ4n) is 1.45. The molecule has 0 amide bonds. The molecule has 0 aliphatic rings. The summed E-state index contributed by atoms with van der Waals surface area (Å²) >= 11 is 4.87. The van der Waals surface area contributed by atoms with Crippen molar-refractivity contribution in [1.82, 2.24) is 4.98 Å². The Kier molecular flexibility index (Phi) is 4.91. The Morgan fingerprint density at radius 1 is 1.39 bits per heavy atom. The molecule has 1 aromatic carbocycles. The molecule has 0 saturated heterocycles. The number of rotatable bonds is 3. The van der Waals surface area contributed by atoms with Gasteiger partial charge in [-0.1, -0.05) is 11.3 Å². The highest BCUT2D eigenvalue weighted by Gasteiger charge is 2.05. The largest absolute Gasteiger partial charge is 0.494 e. The van der Waals surface area contributed by atoms with Gasteiger partial charge in [-0.05, 0) is 37.6 Å². The number of nitrogens with zero attached hydrogens (tertiary/aromatic N) is 2. The Morgan fingerprint density at radius 3 is 2.83 bits per heavy atom. The Labute approximate surface area is 119 Å². The van der Waals surface area contributed by atoms with Gasteiger partial charge in [0, 0.05) is 0 Å². The summed E-state index contributed by atoms with van der Waals surface area (Å²) in [6.07, 6.45) is 4.05. The van der Waals surface area contributed by atoms with Crippen LogP contribution in [0, 0.1) is 0 Å². The molecule has 0 bridgehead atoms. The van der Waals surface area contributed by atoms with Crippen LogP contribution in [0.1, 0.15) is 6.92 Å². The number of aromatic nitrogens is 1. The van der Waals surface area contributed by atoms with Crippen molar-refractivity contribution < 1.29 is 4.74 Å². The van der Waals surface area contributed by atoms with Crippen molar-refractivity contribution in [3.05, 3.63) is 18.2 Å². The highest BCUT2D eigenvalue weighted by atomic mass is 32.2. The van der Waals surface area contributed by atoms with Crippen LogP contribution >= 0.6 is 34.9 Å². The van der Waals surface area contributed by atoms with Crippen molar-refractivity contribution in [2.24, 2.45) is 4.99 Å². The van der Waals surface area contributed by atoms with Crippen LogP contribution in [0.25, 0.3) is 10.2 Å². The monoisotopic (exact) mass is 298 g/mol. The van der Waals surface area contributed by atoms with E-state index in [0.29, 0.717) is 6.61 Å². The topological polar surface area (TPSA) is 34.5 Å². The van der Waals surface area contributed by atoms with Crippen LogP contribution in [0.15, 0.2) is 23.2 Å². The summed E-state index contributed by atoms with van der Waals surface area (Å²) < 4.78 is 7.62. The zero-order valence-electron chi connectivity index (χ0n) is 10.5. The van der Waals surface area contributed by atoms with E-state index in [1.54, 1.807) is 34.9 Å². The van der Waals surface area contributed by atoms with Crippen molar-refractivity contribution in [3.63, 3.8) is 0 Å². The minimum Gasteiger partial charge on any atom is -0.494 e. The number of ether oxygens (including phenoxy) is 1. The first-order valence-corrected chi connectivity index (χ1v) is 8.73. The average molecular weight is 298 g/mol. The molecule has 0 aliphatic carbocycles. The highest BCUT2D eigenvalue weighted by molar-refractivity contribution is 8.38. The first-order valence-electron chi connectivity index (χ1n) is 5.47. The Bertz CT molecular complexity index is 559. The average Bonchev–Trinajstić information content (AvgIpc) is 2.78. The maximum atomic E-state index is 5.48. The molecule has 0 unspecified atom stereocenters. The van der Waals surface area contributed by atoms with E-state index in [-0.39, 0.29) is 0 Å². The molecule has 2 aromatic rings. The third-order valence-corrected chi connectivity index (χ3v) is 4.99. The fourth-order valence-corrected chi connectivity index (χ4v) is 3.46. The highest BCUT2D eigenvalue weighted by Crippen LogP contribution is 2.32. The Morgan fingerprint density at radius 2 is 2.17 bits per heavy atom. The number of fused-ring (bicyclic) bond motifs is 1.